The van der Waals surface area contributed by atoms with Crippen molar-refractivity contribution in [2.75, 3.05) is 39.6 Å². The number of hydrogen-bond acceptors (Lipinski definition) is 15. The molecule has 0 aromatic heterocycles. The van der Waals surface area contributed by atoms with Gasteiger partial charge in [-0.1, -0.05) is 369 Å². The minimum absolute atomic E-state index is 0.107. The fourth-order valence-corrected chi connectivity index (χ4v) is 13.8. The Bertz CT molecular complexity index is 1880. The summed E-state index contributed by atoms with van der Waals surface area (Å²) in [6, 6.07) is 0. The number of rotatable bonds is 79. The van der Waals surface area contributed by atoms with Crippen LogP contribution in [0.1, 0.15) is 420 Å². The lowest BCUT2D eigenvalue weighted by atomic mass is 10.00. The number of aliphatic hydroxyl groups excluding tert-OH is 1. The first kappa shape index (κ1) is 96.1. The Labute approximate surface area is 600 Å². The van der Waals surface area contributed by atoms with E-state index in [-0.39, 0.29) is 25.7 Å². The first-order valence-electron chi connectivity index (χ1n) is 41.2. The molecule has 0 heterocycles. The van der Waals surface area contributed by atoms with Crippen molar-refractivity contribution in [1.29, 1.82) is 0 Å². The highest BCUT2D eigenvalue weighted by molar-refractivity contribution is 7.47. The second-order valence-corrected chi connectivity index (χ2v) is 31.6. The molecule has 582 valence electrons. The standard InChI is InChI=1S/C79H154O17P2/c1-6-10-13-16-19-22-25-28-31-32-33-34-35-36-39-42-45-48-55-60-65-78(83)95-74(68-89-76(81)62-57-52-46-43-40-37-29-26-23-20-17-14-11-7-2)70-93-97(85,86)91-66-73(80)67-92-98(87,88)94-71-75(69-90-77(82)63-58-53-50-49-51-56-61-72(5)9-4)96-79(84)64-59-54-47-44-41-38-30-27-24-21-18-15-12-8-3/h72-75,80H,6-71H2,1-5H3,(H,85,86)(H,87,88)/t72?,73-,74-,75-/m1/s1. The molecule has 19 heteroatoms. The van der Waals surface area contributed by atoms with Crippen LogP contribution in [0, 0.1) is 5.92 Å². The minimum atomic E-state index is -4.96. The van der Waals surface area contributed by atoms with Crippen LogP contribution in [-0.4, -0.2) is 96.7 Å². The van der Waals surface area contributed by atoms with E-state index in [1.165, 1.54) is 238 Å². The van der Waals surface area contributed by atoms with Crippen molar-refractivity contribution in [3.8, 4) is 0 Å². The van der Waals surface area contributed by atoms with Gasteiger partial charge in [-0.15, -0.1) is 0 Å². The Morgan fingerprint density at radius 3 is 0.724 bits per heavy atom. The van der Waals surface area contributed by atoms with Crippen LogP contribution >= 0.6 is 15.6 Å². The normalized spacial score (nSPS) is 14.2. The minimum Gasteiger partial charge on any atom is -0.462 e. The highest BCUT2D eigenvalue weighted by atomic mass is 31.2. The van der Waals surface area contributed by atoms with Gasteiger partial charge in [0.2, 0.25) is 0 Å². The van der Waals surface area contributed by atoms with E-state index in [2.05, 4.69) is 34.6 Å². The highest BCUT2D eigenvalue weighted by Crippen LogP contribution is 2.45. The third kappa shape index (κ3) is 71.1. The fraction of sp³-hybridized carbons (Fsp3) is 0.949. The molecule has 0 fully saturated rings. The molecule has 3 unspecified atom stereocenters. The molecule has 0 saturated carbocycles. The van der Waals surface area contributed by atoms with Gasteiger partial charge in [0.05, 0.1) is 26.4 Å². The van der Waals surface area contributed by atoms with Crippen molar-refractivity contribution >= 4 is 39.5 Å². The molecule has 0 aliphatic heterocycles. The number of esters is 4. The van der Waals surface area contributed by atoms with E-state index in [4.69, 9.17) is 37.0 Å². The maximum absolute atomic E-state index is 13.1. The van der Waals surface area contributed by atoms with Crippen molar-refractivity contribution < 1.29 is 80.2 Å². The monoisotopic (exact) mass is 1440 g/mol. The second-order valence-electron chi connectivity index (χ2n) is 28.7. The summed E-state index contributed by atoms with van der Waals surface area (Å²) in [7, 11) is -9.91. The molecule has 98 heavy (non-hydrogen) atoms. The van der Waals surface area contributed by atoms with E-state index in [0.717, 1.165) is 102 Å². The van der Waals surface area contributed by atoms with Gasteiger partial charge in [-0.05, 0) is 31.6 Å². The van der Waals surface area contributed by atoms with E-state index in [1.807, 2.05) is 0 Å². The second kappa shape index (κ2) is 72.0. The van der Waals surface area contributed by atoms with Gasteiger partial charge in [0.15, 0.2) is 12.2 Å². The van der Waals surface area contributed by atoms with Gasteiger partial charge in [0.25, 0.3) is 0 Å². The van der Waals surface area contributed by atoms with Gasteiger partial charge in [-0.3, -0.25) is 37.3 Å². The molecule has 0 rings (SSSR count). The number of unbranched alkanes of at least 4 members (excludes halogenated alkanes) is 50. The Morgan fingerprint density at radius 1 is 0.286 bits per heavy atom. The van der Waals surface area contributed by atoms with Crippen molar-refractivity contribution in [3.63, 3.8) is 0 Å². The number of carbonyl (C=O) groups excluding carboxylic acids is 4. The van der Waals surface area contributed by atoms with Crippen LogP contribution in [0.5, 0.6) is 0 Å². The molecule has 0 spiro atoms. The lowest BCUT2D eigenvalue weighted by Gasteiger charge is -2.21. The van der Waals surface area contributed by atoms with E-state index >= 15 is 0 Å². The molecule has 0 radical (unpaired) electrons. The molecule has 0 amide bonds. The van der Waals surface area contributed by atoms with Crippen molar-refractivity contribution in [3.05, 3.63) is 0 Å². The van der Waals surface area contributed by atoms with E-state index in [1.54, 1.807) is 0 Å². The van der Waals surface area contributed by atoms with E-state index in [0.29, 0.717) is 25.7 Å². The molecular formula is C79H154O17P2. The van der Waals surface area contributed by atoms with Crippen molar-refractivity contribution in [1.82, 2.24) is 0 Å². The topological polar surface area (TPSA) is 237 Å². The molecule has 0 aromatic carbocycles. The third-order valence-corrected chi connectivity index (χ3v) is 20.8. The largest absolute Gasteiger partial charge is 0.472 e. The van der Waals surface area contributed by atoms with Crippen LogP contribution in [0.25, 0.3) is 0 Å². The van der Waals surface area contributed by atoms with Crippen molar-refractivity contribution in [2.24, 2.45) is 5.92 Å². The fourth-order valence-electron chi connectivity index (χ4n) is 12.2. The number of ether oxygens (including phenoxy) is 4. The summed E-state index contributed by atoms with van der Waals surface area (Å²) in [5.74, 6) is -1.38. The van der Waals surface area contributed by atoms with Crippen molar-refractivity contribution in [2.45, 2.75) is 438 Å². The van der Waals surface area contributed by atoms with Gasteiger partial charge in [-0.2, -0.15) is 0 Å². The number of phosphoric ester groups is 2. The number of hydrogen-bond donors (Lipinski definition) is 3. The van der Waals surface area contributed by atoms with Gasteiger partial charge < -0.3 is 33.8 Å². The third-order valence-electron chi connectivity index (χ3n) is 18.9. The van der Waals surface area contributed by atoms with Crippen LogP contribution in [-0.2, 0) is 65.4 Å². The Morgan fingerprint density at radius 2 is 0.490 bits per heavy atom. The Kier molecular flexibility index (Phi) is 70.6. The highest BCUT2D eigenvalue weighted by Gasteiger charge is 2.30. The SMILES string of the molecule is CCCCCCCCCCCCCCCCCCCCCCC(=O)O[C@H](COC(=O)CCCCCCCCCCCCCCCC)COP(=O)(O)OC[C@@H](O)COP(=O)(O)OC[C@@H](COC(=O)CCCCCCCCC(C)CC)OC(=O)CCCCCCCCCCCCCCCC. The summed E-state index contributed by atoms with van der Waals surface area (Å²) in [6.45, 7) is 7.28. The molecule has 0 aliphatic rings. The summed E-state index contributed by atoms with van der Waals surface area (Å²) >= 11 is 0. The maximum Gasteiger partial charge on any atom is 0.472 e. The summed E-state index contributed by atoms with van der Waals surface area (Å²) in [5, 5.41) is 10.6. The molecule has 0 bridgehead atoms. The molecule has 0 saturated heterocycles. The summed E-state index contributed by atoms with van der Waals surface area (Å²) < 4.78 is 68.6. The lowest BCUT2D eigenvalue weighted by molar-refractivity contribution is -0.161. The van der Waals surface area contributed by atoms with Crippen LogP contribution in [0.3, 0.4) is 0 Å². The van der Waals surface area contributed by atoms with Crippen LogP contribution in [0.4, 0.5) is 0 Å². The van der Waals surface area contributed by atoms with Crippen LogP contribution in [0.2, 0.25) is 0 Å². The molecule has 0 aromatic rings. The molecule has 6 atom stereocenters. The average molecular weight is 1440 g/mol. The zero-order valence-electron chi connectivity index (χ0n) is 63.9. The summed E-state index contributed by atoms with van der Waals surface area (Å²) in [5.41, 5.74) is 0. The lowest BCUT2D eigenvalue weighted by Crippen LogP contribution is -2.30. The average Bonchev–Trinajstić information content (AvgIpc) is 1.04. The molecule has 3 N–H and O–H groups in total. The van der Waals surface area contributed by atoms with Crippen LogP contribution in [0.15, 0.2) is 0 Å². The number of phosphoric acid groups is 2. The van der Waals surface area contributed by atoms with Gasteiger partial charge in [0, 0.05) is 25.7 Å². The smallest absolute Gasteiger partial charge is 0.462 e. The van der Waals surface area contributed by atoms with Gasteiger partial charge in [0.1, 0.15) is 19.3 Å². The maximum atomic E-state index is 13.1. The zero-order chi connectivity index (χ0) is 71.9. The van der Waals surface area contributed by atoms with Gasteiger partial charge in [-0.25, -0.2) is 9.13 Å². The van der Waals surface area contributed by atoms with E-state index in [9.17, 15) is 43.2 Å². The molecular weight excluding hydrogens is 1280 g/mol. The predicted molar refractivity (Wildman–Crippen MR) is 400 cm³/mol. The number of carbonyl (C=O) groups is 4. The molecule has 0 aliphatic carbocycles. The quantitative estimate of drug-likeness (QED) is 0.0222. The molecule has 17 nitrogen and oxygen atoms in total. The predicted octanol–water partition coefficient (Wildman–Crippen LogP) is 23.6. The zero-order valence-corrected chi connectivity index (χ0v) is 65.7. The first-order chi connectivity index (χ1) is 47.6. The van der Waals surface area contributed by atoms with Gasteiger partial charge >= 0.3 is 39.5 Å². The Balaban J connectivity index is 5.22. The van der Waals surface area contributed by atoms with Crippen LogP contribution < -0.4 is 0 Å². The summed E-state index contributed by atoms with van der Waals surface area (Å²) in [6.07, 6.45) is 62.4. The first-order valence-corrected chi connectivity index (χ1v) is 44.2. The number of aliphatic hydroxyl groups is 1. The van der Waals surface area contributed by atoms with E-state index < -0.39 is 97.5 Å². The Hall–Kier alpha value is -1.94. The summed E-state index contributed by atoms with van der Waals surface area (Å²) in [4.78, 5) is 72.9.